The monoisotopic (exact) mass is 243 g/mol. The fraction of sp³-hybridized carbons (Fsp3) is 0.400. The van der Waals surface area contributed by atoms with E-state index in [1.807, 2.05) is 25.1 Å². The standard InChI is InChI=1S/C10H14BrNO/c1-6-3-8(5-9(11)4-6)10(12)7(2)13/h3-5,7,10,13H,12H2,1-2H3/t7-,10-/m1/s1. The van der Waals surface area contributed by atoms with Gasteiger partial charge in [0.05, 0.1) is 12.1 Å². The van der Waals surface area contributed by atoms with E-state index in [0.29, 0.717) is 0 Å². The molecule has 0 heterocycles. The van der Waals surface area contributed by atoms with Crippen molar-refractivity contribution in [2.75, 3.05) is 0 Å². The van der Waals surface area contributed by atoms with E-state index in [1.54, 1.807) is 6.92 Å². The Hall–Kier alpha value is -0.380. The van der Waals surface area contributed by atoms with Crippen molar-refractivity contribution < 1.29 is 5.11 Å². The number of nitrogens with two attached hydrogens (primary N) is 1. The molecule has 1 rings (SSSR count). The maximum absolute atomic E-state index is 9.32. The first-order valence-corrected chi connectivity index (χ1v) is 5.00. The first-order chi connectivity index (χ1) is 6.00. The highest BCUT2D eigenvalue weighted by molar-refractivity contribution is 9.10. The van der Waals surface area contributed by atoms with Crippen molar-refractivity contribution in [1.29, 1.82) is 0 Å². The quantitative estimate of drug-likeness (QED) is 0.837. The zero-order valence-electron chi connectivity index (χ0n) is 7.79. The SMILES string of the molecule is Cc1cc(Br)cc([C@H](N)[C@@H](C)O)c1. The Labute approximate surface area is 86.9 Å². The number of aryl methyl sites for hydroxylation is 1. The normalized spacial score (nSPS) is 15.5. The topological polar surface area (TPSA) is 46.2 Å². The van der Waals surface area contributed by atoms with Crippen LogP contribution in [-0.2, 0) is 0 Å². The van der Waals surface area contributed by atoms with Gasteiger partial charge in [0, 0.05) is 4.47 Å². The molecule has 13 heavy (non-hydrogen) atoms. The van der Waals surface area contributed by atoms with Gasteiger partial charge in [-0.1, -0.05) is 22.0 Å². The van der Waals surface area contributed by atoms with Gasteiger partial charge in [0.2, 0.25) is 0 Å². The Kier molecular flexibility index (Phi) is 3.47. The smallest absolute Gasteiger partial charge is 0.0704 e. The van der Waals surface area contributed by atoms with Crippen molar-refractivity contribution in [2.24, 2.45) is 5.73 Å². The first-order valence-electron chi connectivity index (χ1n) is 4.21. The van der Waals surface area contributed by atoms with Gasteiger partial charge in [-0.05, 0) is 37.1 Å². The summed E-state index contributed by atoms with van der Waals surface area (Å²) in [6, 6.07) is 5.63. The van der Waals surface area contributed by atoms with Crippen LogP contribution in [0.25, 0.3) is 0 Å². The maximum Gasteiger partial charge on any atom is 0.0704 e. The van der Waals surface area contributed by atoms with E-state index in [-0.39, 0.29) is 6.04 Å². The number of hydrogen-bond acceptors (Lipinski definition) is 2. The fourth-order valence-corrected chi connectivity index (χ4v) is 1.86. The second-order valence-corrected chi connectivity index (χ2v) is 4.24. The van der Waals surface area contributed by atoms with Crippen LogP contribution in [0.3, 0.4) is 0 Å². The van der Waals surface area contributed by atoms with Crippen molar-refractivity contribution in [3.8, 4) is 0 Å². The summed E-state index contributed by atoms with van der Waals surface area (Å²) < 4.78 is 0.999. The fourth-order valence-electron chi connectivity index (χ4n) is 1.24. The summed E-state index contributed by atoms with van der Waals surface area (Å²) in [5.41, 5.74) is 7.90. The number of halogens is 1. The van der Waals surface area contributed by atoms with Gasteiger partial charge in [-0.2, -0.15) is 0 Å². The van der Waals surface area contributed by atoms with E-state index in [9.17, 15) is 5.11 Å². The lowest BCUT2D eigenvalue weighted by molar-refractivity contribution is 0.164. The van der Waals surface area contributed by atoms with Crippen molar-refractivity contribution >= 4 is 15.9 Å². The molecule has 1 aromatic rings. The van der Waals surface area contributed by atoms with Crippen LogP contribution in [0.4, 0.5) is 0 Å². The number of hydrogen-bond donors (Lipinski definition) is 2. The lowest BCUT2D eigenvalue weighted by atomic mass is 10.0. The van der Waals surface area contributed by atoms with Crippen LogP contribution in [0.2, 0.25) is 0 Å². The van der Waals surface area contributed by atoms with Crippen LogP contribution in [0.15, 0.2) is 22.7 Å². The summed E-state index contributed by atoms with van der Waals surface area (Å²) in [7, 11) is 0. The molecule has 0 aliphatic heterocycles. The summed E-state index contributed by atoms with van der Waals surface area (Å²) in [6.45, 7) is 3.70. The molecule has 3 N–H and O–H groups in total. The average molecular weight is 244 g/mol. The summed E-state index contributed by atoms with van der Waals surface area (Å²) in [6.07, 6.45) is -0.520. The highest BCUT2D eigenvalue weighted by Crippen LogP contribution is 2.21. The van der Waals surface area contributed by atoms with Crippen molar-refractivity contribution in [1.82, 2.24) is 0 Å². The van der Waals surface area contributed by atoms with Gasteiger partial charge in [-0.25, -0.2) is 0 Å². The second kappa shape index (κ2) is 4.22. The van der Waals surface area contributed by atoms with Crippen LogP contribution in [-0.4, -0.2) is 11.2 Å². The third-order valence-corrected chi connectivity index (χ3v) is 2.43. The molecule has 72 valence electrons. The van der Waals surface area contributed by atoms with Crippen LogP contribution in [0, 0.1) is 6.92 Å². The molecule has 0 saturated carbocycles. The molecule has 0 spiro atoms. The van der Waals surface area contributed by atoms with E-state index in [2.05, 4.69) is 15.9 Å². The minimum Gasteiger partial charge on any atom is -0.391 e. The summed E-state index contributed by atoms with van der Waals surface area (Å²) in [5.74, 6) is 0. The van der Waals surface area contributed by atoms with E-state index >= 15 is 0 Å². The molecule has 0 aliphatic rings. The molecule has 2 atom stereocenters. The number of aliphatic hydroxyl groups is 1. The first kappa shape index (κ1) is 10.7. The highest BCUT2D eigenvalue weighted by atomic mass is 79.9. The molecule has 0 fully saturated rings. The lowest BCUT2D eigenvalue weighted by Gasteiger charge is -2.15. The zero-order valence-corrected chi connectivity index (χ0v) is 9.38. The average Bonchev–Trinajstić information content (AvgIpc) is 2.01. The Bertz CT molecular complexity index is 279. The van der Waals surface area contributed by atoms with Crippen LogP contribution < -0.4 is 5.73 Å². The van der Waals surface area contributed by atoms with E-state index in [4.69, 9.17) is 5.73 Å². The van der Waals surface area contributed by atoms with E-state index in [1.165, 1.54) is 0 Å². The predicted molar refractivity (Wildman–Crippen MR) is 57.5 cm³/mol. The molecular weight excluding hydrogens is 230 g/mol. The summed E-state index contributed by atoms with van der Waals surface area (Å²) >= 11 is 3.39. The summed E-state index contributed by atoms with van der Waals surface area (Å²) in [5, 5.41) is 9.32. The molecule has 2 nitrogen and oxygen atoms in total. The van der Waals surface area contributed by atoms with Crippen molar-refractivity contribution in [3.05, 3.63) is 33.8 Å². The molecule has 0 saturated heterocycles. The minimum atomic E-state index is -0.520. The Morgan fingerprint density at radius 2 is 2.00 bits per heavy atom. The molecular formula is C10H14BrNO. The van der Waals surface area contributed by atoms with Crippen LogP contribution in [0.5, 0.6) is 0 Å². The predicted octanol–water partition coefficient (Wildman–Crippen LogP) is 2.14. The van der Waals surface area contributed by atoms with Crippen LogP contribution in [0.1, 0.15) is 24.1 Å². The largest absolute Gasteiger partial charge is 0.391 e. The van der Waals surface area contributed by atoms with Gasteiger partial charge in [-0.15, -0.1) is 0 Å². The van der Waals surface area contributed by atoms with Gasteiger partial charge >= 0.3 is 0 Å². The molecule has 0 aromatic heterocycles. The maximum atomic E-state index is 9.32. The van der Waals surface area contributed by atoms with Crippen LogP contribution >= 0.6 is 15.9 Å². The Morgan fingerprint density at radius 1 is 1.38 bits per heavy atom. The van der Waals surface area contributed by atoms with Gasteiger partial charge in [0.25, 0.3) is 0 Å². The molecule has 0 aliphatic carbocycles. The Balaban J connectivity index is 3.01. The van der Waals surface area contributed by atoms with Gasteiger partial charge in [0.1, 0.15) is 0 Å². The molecule has 0 unspecified atom stereocenters. The number of aliphatic hydroxyl groups excluding tert-OH is 1. The summed E-state index contributed by atoms with van der Waals surface area (Å²) in [4.78, 5) is 0. The second-order valence-electron chi connectivity index (χ2n) is 3.33. The molecule has 1 aromatic carbocycles. The van der Waals surface area contributed by atoms with Crippen molar-refractivity contribution in [3.63, 3.8) is 0 Å². The van der Waals surface area contributed by atoms with E-state index in [0.717, 1.165) is 15.6 Å². The zero-order chi connectivity index (χ0) is 10.0. The molecule has 0 bridgehead atoms. The third kappa shape index (κ3) is 2.79. The van der Waals surface area contributed by atoms with E-state index < -0.39 is 6.10 Å². The van der Waals surface area contributed by atoms with Gasteiger partial charge < -0.3 is 10.8 Å². The highest BCUT2D eigenvalue weighted by Gasteiger charge is 2.12. The third-order valence-electron chi connectivity index (χ3n) is 1.97. The molecule has 0 radical (unpaired) electrons. The lowest BCUT2D eigenvalue weighted by Crippen LogP contribution is -2.23. The Morgan fingerprint density at radius 3 is 2.46 bits per heavy atom. The molecule has 3 heteroatoms. The van der Waals surface area contributed by atoms with Gasteiger partial charge in [0.15, 0.2) is 0 Å². The van der Waals surface area contributed by atoms with Crippen molar-refractivity contribution in [2.45, 2.75) is 26.0 Å². The number of benzene rings is 1. The molecule has 0 amide bonds. The number of rotatable bonds is 2. The minimum absolute atomic E-state index is 0.309. The van der Waals surface area contributed by atoms with Gasteiger partial charge in [-0.3, -0.25) is 0 Å².